The molecule has 0 saturated carbocycles. The van der Waals surface area contributed by atoms with Crippen LogP contribution in [0, 0.1) is 6.92 Å². The Bertz CT molecular complexity index is 828. The molecule has 0 heterocycles. The topological polar surface area (TPSA) is 66.5 Å². The van der Waals surface area contributed by atoms with E-state index in [2.05, 4.69) is 12.2 Å². The molecular weight excluding hydrogens is 348 g/mol. The van der Waals surface area contributed by atoms with Crippen molar-refractivity contribution in [3.05, 3.63) is 59.7 Å². The van der Waals surface area contributed by atoms with E-state index in [1.54, 1.807) is 48.5 Å². The summed E-state index contributed by atoms with van der Waals surface area (Å²) in [5.41, 5.74) is 2.41. The van der Waals surface area contributed by atoms with E-state index in [0.29, 0.717) is 18.7 Å². The molecule has 0 bridgehead atoms. The number of hydrogen-bond donors (Lipinski definition) is 1. The number of nitrogens with zero attached hydrogens (tertiary/aromatic N) is 1. The van der Waals surface area contributed by atoms with Gasteiger partial charge < -0.3 is 5.32 Å². The molecule has 0 aliphatic heterocycles. The summed E-state index contributed by atoms with van der Waals surface area (Å²) in [5, 5.41) is 2.87. The van der Waals surface area contributed by atoms with Crippen LogP contribution in [-0.4, -0.2) is 27.9 Å². The molecule has 0 radical (unpaired) electrons. The number of benzene rings is 2. The molecule has 2 aromatic rings. The van der Waals surface area contributed by atoms with Gasteiger partial charge in [0.25, 0.3) is 10.0 Å². The molecule has 26 heavy (non-hydrogen) atoms. The summed E-state index contributed by atoms with van der Waals surface area (Å²) in [5.74, 6) is -0.0215. The second-order valence-electron chi connectivity index (χ2n) is 6.33. The molecule has 0 atom stereocenters. The molecule has 0 aliphatic carbocycles. The van der Waals surface area contributed by atoms with Crippen LogP contribution in [0.2, 0.25) is 0 Å². The molecule has 6 heteroatoms. The summed E-state index contributed by atoms with van der Waals surface area (Å²) in [6.45, 7) is 4.67. The minimum absolute atomic E-state index is 0.0215. The van der Waals surface area contributed by atoms with E-state index in [1.807, 2.05) is 6.92 Å². The predicted molar refractivity (Wildman–Crippen MR) is 105 cm³/mol. The van der Waals surface area contributed by atoms with Crippen LogP contribution >= 0.6 is 0 Å². The molecule has 0 saturated heterocycles. The lowest BCUT2D eigenvalue weighted by molar-refractivity contribution is -0.120. The van der Waals surface area contributed by atoms with Gasteiger partial charge in [-0.1, -0.05) is 43.2 Å². The minimum atomic E-state index is -3.61. The van der Waals surface area contributed by atoms with E-state index in [-0.39, 0.29) is 10.8 Å². The van der Waals surface area contributed by atoms with Gasteiger partial charge in [0.15, 0.2) is 0 Å². The number of sulfonamides is 1. The molecule has 5 nitrogen and oxygen atoms in total. The first kappa shape index (κ1) is 20.0. The van der Waals surface area contributed by atoms with E-state index in [4.69, 9.17) is 0 Å². The Morgan fingerprint density at radius 3 is 2.23 bits per heavy atom. The summed E-state index contributed by atoms with van der Waals surface area (Å²) in [6, 6.07) is 13.8. The number of amides is 1. The Balaban J connectivity index is 2.07. The van der Waals surface area contributed by atoms with Gasteiger partial charge in [-0.05, 0) is 43.2 Å². The second-order valence-corrected chi connectivity index (χ2v) is 8.30. The number of rotatable bonds is 8. The monoisotopic (exact) mass is 374 g/mol. The maximum Gasteiger partial charge on any atom is 0.264 e. The fourth-order valence-electron chi connectivity index (χ4n) is 2.48. The highest BCUT2D eigenvalue weighted by Crippen LogP contribution is 2.22. The standard InChI is InChI=1S/C20H26N2O3S/c1-4-5-14-21-20(23)15-17-8-10-18(11-9-17)22(3)26(24,25)19-12-6-16(2)7-13-19/h6-13H,4-5,14-15H2,1-3H3,(H,21,23). The number of nitrogens with one attached hydrogen (secondary N) is 1. The van der Waals surface area contributed by atoms with Crippen LogP contribution < -0.4 is 9.62 Å². The van der Waals surface area contributed by atoms with Crippen molar-refractivity contribution in [2.45, 2.75) is 38.0 Å². The lowest BCUT2D eigenvalue weighted by Gasteiger charge is -2.20. The van der Waals surface area contributed by atoms with Crippen molar-refractivity contribution < 1.29 is 13.2 Å². The van der Waals surface area contributed by atoms with E-state index in [0.717, 1.165) is 24.0 Å². The molecule has 0 aromatic heterocycles. The van der Waals surface area contributed by atoms with Gasteiger partial charge >= 0.3 is 0 Å². The van der Waals surface area contributed by atoms with Crippen LogP contribution in [0.1, 0.15) is 30.9 Å². The number of anilines is 1. The molecule has 0 aliphatic rings. The van der Waals surface area contributed by atoms with Gasteiger partial charge in [-0.3, -0.25) is 9.10 Å². The number of aryl methyl sites for hydroxylation is 1. The van der Waals surface area contributed by atoms with Crippen molar-refractivity contribution in [3.63, 3.8) is 0 Å². The fourth-order valence-corrected chi connectivity index (χ4v) is 3.68. The molecule has 2 aromatic carbocycles. The van der Waals surface area contributed by atoms with Crippen molar-refractivity contribution in [1.82, 2.24) is 5.32 Å². The van der Waals surface area contributed by atoms with E-state index in [1.165, 1.54) is 11.4 Å². The van der Waals surface area contributed by atoms with Crippen molar-refractivity contribution >= 4 is 21.6 Å². The van der Waals surface area contributed by atoms with Gasteiger partial charge in [0.2, 0.25) is 5.91 Å². The largest absolute Gasteiger partial charge is 0.356 e. The van der Waals surface area contributed by atoms with E-state index < -0.39 is 10.0 Å². The summed E-state index contributed by atoms with van der Waals surface area (Å²) < 4.78 is 26.7. The zero-order chi connectivity index (χ0) is 19.2. The maximum absolute atomic E-state index is 12.7. The van der Waals surface area contributed by atoms with Crippen LogP contribution in [0.4, 0.5) is 5.69 Å². The molecule has 1 N–H and O–H groups in total. The van der Waals surface area contributed by atoms with Crippen LogP contribution in [-0.2, 0) is 21.2 Å². The zero-order valence-electron chi connectivity index (χ0n) is 15.5. The Morgan fingerprint density at radius 1 is 1.04 bits per heavy atom. The smallest absolute Gasteiger partial charge is 0.264 e. The summed E-state index contributed by atoms with van der Waals surface area (Å²) in [4.78, 5) is 12.1. The third-order valence-electron chi connectivity index (χ3n) is 4.20. The predicted octanol–water partition coefficient (Wildman–Crippen LogP) is 3.28. The molecule has 0 unspecified atom stereocenters. The summed E-state index contributed by atoms with van der Waals surface area (Å²) in [6.07, 6.45) is 2.29. The Labute approximate surface area is 156 Å². The third kappa shape index (κ3) is 5.08. The fraction of sp³-hybridized carbons (Fsp3) is 0.350. The summed E-state index contributed by atoms with van der Waals surface area (Å²) in [7, 11) is -2.08. The highest BCUT2D eigenvalue weighted by molar-refractivity contribution is 7.92. The van der Waals surface area contributed by atoms with E-state index in [9.17, 15) is 13.2 Å². The highest BCUT2D eigenvalue weighted by atomic mass is 32.2. The first-order valence-electron chi connectivity index (χ1n) is 8.76. The van der Waals surface area contributed by atoms with Gasteiger partial charge in [-0.15, -0.1) is 0 Å². The summed E-state index contributed by atoms with van der Waals surface area (Å²) >= 11 is 0. The lowest BCUT2D eigenvalue weighted by atomic mass is 10.1. The van der Waals surface area contributed by atoms with Crippen LogP contribution in [0.25, 0.3) is 0 Å². The van der Waals surface area contributed by atoms with Crippen LogP contribution in [0.3, 0.4) is 0 Å². The number of carbonyl (C=O) groups is 1. The minimum Gasteiger partial charge on any atom is -0.356 e. The number of unbranched alkanes of at least 4 members (excludes halogenated alkanes) is 1. The van der Waals surface area contributed by atoms with Gasteiger partial charge in [0.1, 0.15) is 0 Å². The van der Waals surface area contributed by atoms with Crippen LogP contribution in [0.5, 0.6) is 0 Å². The van der Waals surface area contributed by atoms with Gasteiger partial charge in [0.05, 0.1) is 17.0 Å². The normalized spacial score (nSPS) is 11.2. The van der Waals surface area contributed by atoms with Crippen molar-refractivity contribution in [3.8, 4) is 0 Å². The SMILES string of the molecule is CCCCNC(=O)Cc1ccc(N(C)S(=O)(=O)c2ccc(C)cc2)cc1. The maximum atomic E-state index is 12.7. The Morgan fingerprint density at radius 2 is 1.65 bits per heavy atom. The average Bonchev–Trinajstić information content (AvgIpc) is 2.62. The molecular formula is C20H26N2O3S. The molecule has 0 spiro atoms. The highest BCUT2D eigenvalue weighted by Gasteiger charge is 2.21. The van der Waals surface area contributed by atoms with Crippen LogP contribution in [0.15, 0.2) is 53.4 Å². The Hall–Kier alpha value is -2.34. The first-order valence-corrected chi connectivity index (χ1v) is 10.2. The van der Waals surface area contributed by atoms with Gasteiger partial charge in [-0.2, -0.15) is 0 Å². The lowest BCUT2D eigenvalue weighted by Crippen LogP contribution is -2.27. The van der Waals surface area contributed by atoms with Crippen molar-refractivity contribution in [2.75, 3.05) is 17.9 Å². The van der Waals surface area contributed by atoms with E-state index >= 15 is 0 Å². The number of hydrogen-bond acceptors (Lipinski definition) is 3. The average molecular weight is 375 g/mol. The molecule has 140 valence electrons. The first-order chi connectivity index (χ1) is 12.3. The van der Waals surface area contributed by atoms with Gasteiger partial charge in [-0.25, -0.2) is 8.42 Å². The molecule has 2 rings (SSSR count). The molecule has 0 fully saturated rings. The van der Waals surface area contributed by atoms with Crippen molar-refractivity contribution in [1.29, 1.82) is 0 Å². The second kappa shape index (κ2) is 8.85. The zero-order valence-corrected chi connectivity index (χ0v) is 16.3. The third-order valence-corrected chi connectivity index (χ3v) is 6.00. The van der Waals surface area contributed by atoms with Gasteiger partial charge in [0, 0.05) is 13.6 Å². The van der Waals surface area contributed by atoms with Crippen molar-refractivity contribution in [2.24, 2.45) is 0 Å². The number of carbonyl (C=O) groups excluding carboxylic acids is 1. The quantitative estimate of drug-likeness (QED) is 0.721. The Kier molecular flexibility index (Phi) is 6.80. The molecule has 1 amide bonds.